The third-order valence-corrected chi connectivity index (χ3v) is 5.36. The summed E-state index contributed by atoms with van der Waals surface area (Å²) in [4.78, 5) is 13.4. The number of rotatable bonds is 7. The summed E-state index contributed by atoms with van der Waals surface area (Å²) in [5.41, 5.74) is 2.44. The zero-order valence-electron chi connectivity index (χ0n) is 13.7. The quantitative estimate of drug-likeness (QED) is 0.814. The van der Waals surface area contributed by atoms with Crippen molar-refractivity contribution in [3.63, 3.8) is 0 Å². The second-order valence-corrected chi connectivity index (χ2v) is 7.41. The lowest BCUT2D eigenvalue weighted by Crippen LogP contribution is -2.41. The Hall–Kier alpha value is -1.65. The van der Waals surface area contributed by atoms with Gasteiger partial charge in [0.15, 0.2) is 0 Å². The van der Waals surface area contributed by atoms with Crippen LogP contribution in [-0.4, -0.2) is 18.5 Å². The molecule has 0 bridgehead atoms. The number of nitrogens with one attached hydrogen (secondary N) is 2. The SMILES string of the molecule is Cc1ccc([C@@H](NCC(=O)N[C@H](C)C2CC2)c2cccs2)cc1. The minimum atomic E-state index is 0.0672. The number of carbonyl (C=O) groups is 1. The topological polar surface area (TPSA) is 41.1 Å². The second kappa shape index (κ2) is 7.28. The van der Waals surface area contributed by atoms with E-state index in [2.05, 4.69) is 66.3 Å². The van der Waals surface area contributed by atoms with Gasteiger partial charge in [0.25, 0.3) is 0 Å². The fourth-order valence-electron chi connectivity index (χ4n) is 2.81. The highest BCUT2D eigenvalue weighted by atomic mass is 32.1. The van der Waals surface area contributed by atoms with E-state index < -0.39 is 0 Å². The van der Waals surface area contributed by atoms with Crippen LogP contribution < -0.4 is 10.6 Å². The first-order chi connectivity index (χ1) is 11.1. The van der Waals surface area contributed by atoms with Gasteiger partial charge >= 0.3 is 0 Å². The predicted molar refractivity (Wildman–Crippen MR) is 95.7 cm³/mol. The maximum atomic E-state index is 12.2. The van der Waals surface area contributed by atoms with Crippen molar-refractivity contribution in [3.05, 3.63) is 57.8 Å². The lowest BCUT2D eigenvalue weighted by molar-refractivity contribution is -0.121. The van der Waals surface area contributed by atoms with Crippen LogP contribution in [0, 0.1) is 12.8 Å². The van der Waals surface area contributed by atoms with E-state index in [-0.39, 0.29) is 11.9 Å². The Kier molecular flexibility index (Phi) is 5.13. The fourth-order valence-corrected chi connectivity index (χ4v) is 3.64. The molecule has 23 heavy (non-hydrogen) atoms. The second-order valence-electron chi connectivity index (χ2n) is 6.43. The van der Waals surface area contributed by atoms with Crippen LogP contribution in [0.3, 0.4) is 0 Å². The van der Waals surface area contributed by atoms with E-state index >= 15 is 0 Å². The lowest BCUT2D eigenvalue weighted by Gasteiger charge is -2.19. The molecule has 0 saturated heterocycles. The molecule has 3 nitrogen and oxygen atoms in total. The third-order valence-electron chi connectivity index (χ3n) is 4.42. The van der Waals surface area contributed by atoms with Gasteiger partial charge < -0.3 is 5.32 Å². The van der Waals surface area contributed by atoms with Crippen LogP contribution in [0.25, 0.3) is 0 Å². The van der Waals surface area contributed by atoms with Gasteiger partial charge in [-0.25, -0.2) is 0 Å². The maximum absolute atomic E-state index is 12.2. The molecule has 122 valence electrons. The Balaban J connectivity index is 1.64. The first-order valence-corrected chi connectivity index (χ1v) is 9.14. The fraction of sp³-hybridized carbons (Fsp3) is 0.421. The summed E-state index contributed by atoms with van der Waals surface area (Å²) in [5.74, 6) is 0.766. The molecule has 2 atom stereocenters. The molecule has 4 heteroatoms. The van der Waals surface area contributed by atoms with Crippen molar-refractivity contribution in [3.8, 4) is 0 Å². The Labute approximate surface area is 142 Å². The van der Waals surface area contributed by atoms with Crippen molar-refractivity contribution in [1.82, 2.24) is 10.6 Å². The summed E-state index contributed by atoms with van der Waals surface area (Å²) in [6, 6.07) is 13.0. The normalized spacial score (nSPS) is 16.8. The van der Waals surface area contributed by atoms with Gasteiger partial charge in [0, 0.05) is 10.9 Å². The van der Waals surface area contributed by atoms with Crippen molar-refractivity contribution >= 4 is 17.2 Å². The summed E-state index contributed by atoms with van der Waals surface area (Å²) in [6.45, 7) is 4.53. The largest absolute Gasteiger partial charge is 0.352 e. The molecular weight excluding hydrogens is 304 g/mol. The molecule has 1 aliphatic rings. The van der Waals surface area contributed by atoms with Gasteiger partial charge in [0.05, 0.1) is 12.6 Å². The summed E-state index contributed by atoms with van der Waals surface area (Å²) in [7, 11) is 0. The molecule has 0 unspecified atom stereocenters. The van der Waals surface area contributed by atoms with Crippen LogP contribution in [0.4, 0.5) is 0 Å². The molecular formula is C19H24N2OS. The first kappa shape index (κ1) is 16.2. The standard InChI is InChI=1S/C19H24N2OS/c1-13-5-7-16(8-6-13)19(17-4-3-11-23-17)20-12-18(22)21-14(2)15-9-10-15/h3-8,11,14-15,19-20H,9-10,12H2,1-2H3,(H,21,22)/t14-,19-/m1/s1. The molecule has 3 rings (SSSR count). The number of aryl methyl sites for hydroxylation is 1. The molecule has 1 aromatic heterocycles. The van der Waals surface area contributed by atoms with Crippen LogP contribution in [0.1, 0.15) is 41.8 Å². The molecule has 1 saturated carbocycles. The Bertz CT molecular complexity index is 632. The molecule has 1 aromatic carbocycles. The Morgan fingerprint density at radius 2 is 2.00 bits per heavy atom. The summed E-state index contributed by atoms with van der Waals surface area (Å²) in [5, 5.41) is 8.60. The average molecular weight is 328 g/mol. The van der Waals surface area contributed by atoms with Crippen LogP contribution in [0.5, 0.6) is 0 Å². The van der Waals surface area contributed by atoms with Gasteiger partial charge in [-0.15, -0.1) is 11.3 Å². The number of amides is 1. The zero-order valence-corrected chi connectivity index (χ0v) is 14.5. The number of carbonyl (C=O) groups excluding carboxylic acids is 1. The number of hydrogen-bond donors (Lipinski definition) is 2. The lowest BCUT2D eigenvalue weighted by atomic mass is 10.0. The van der Waals surface area contributed by atoms with Crippen molar-refractivity contribution in [2.75, 3.05) is 6.54 Å². The molecule has 0 aliphatic heterocycles. The van der Waals surface area contributed by atoms with Gasteiger partial charge in [-0.1, -0.05) is 35.9 Å². The van der Waals surface area contributed by atoms with E-state index in [0.717, 1.165) is 0 Å². The highest BCUT2D eigenvalue weighted by Crippen LogP contribution is 2.32. The minimum absolute atomic E-state index is 0.0672. The molecule has 1 heterocycles. The molecule has 1 amide bonds. The van der Waals surface area contributed by atoms with Gasteiger partial charge in [0.1, 0.15) is 0 Å². The van der Waals surface area contributed by atoms with E-state index in [0.29, 0.717) is 18.5 Å². The van der Waals surface area contributed by atoms with Crippen molar-refractivity contribution in [2.24, 2.45) is 5.92 Å². The smallest absolute Gasteiger partial charge is 0.234 e. The van der Waals surface area contributed by atoms with Crippen LogP contribution in [0.2, 0.25) is 0 Å². The zero-order chi connectivity index (χ0) is 16.2. The van der Waals surface area contributed by atoms with E-state index in [1.54, 1.807) is 11.3 Å². The molecule has 1 fully saturated rings. The number of hydrogen-bond acceptors (Lipinski definition) is 3. The van der Waals surface area contributed by atoms with E-state index in [1.165, 1.54) is 28.8 Å². The van der Waals surface area contributed by atoms with E-state index in [9.17, 15) is 4.79 Å². The monoisotopic (exact) mass is 328 g/mol. The van der Waals surface area contributed by atoms with Crippen molar-refractivity contribution in [2.45, 2.75) is 38.8 Å². The Morgan fingerprint density at radius 3 is 2.61 bits per heavy atom. The van der Waals surface area contributed by atoms with Crippen molar-refractivity contribution < 1.29 is 4.79 Å². The molecule has 2 N–H and O–H groups in total. The van der Waals surface area contributed by atoms with Gasteiger partial charge in [-0.2, -0.15) is 0 Å². The molecule has 1 aliphatic carbocycles. The van der Waals surface area contributed by atoms with E-state index in [1.807, 2.05) is 0 Å². The third kappa shape index (κ3) is 4.43. The molecule has 0 spiro atoms. The molecule has 2 aromatic rings. The van der Waals surface area contributed by atoms with Gasteiger partial charge in [-0.05, 0) is 49.6 Å². The predicted octanol–water partition coefficient (Wildman–Crippen LogP) is 3.65. The molecule has 0 radical (unpaired) electrons. The first-order valence-electron chi connectivity index (χ1n) is 8.26. The number of benzene rings is 1. The highest BCUT2D eigenvalue weighted by Gasteiger charge is 2.28. The Morgan fingerprint density at radius 1 is 1.26 bits per heavy atom. The summed E-state index contributed by atoms with van der Waals surface area (Å²) >= 11 is 1.72. The van der Waals surface area contributed by atoms with Gasteiger partial charge in [0.2, 0.25) is 5.91 Å². The van der Waals surface area contributed by atoms with Crippen LogP contribution >= 0.6 is 11.3 Å². The maximum Gasteiger partial charge on any atom is 0.234 e. The van der Waals surface area contributed by atoms with Gasteiger partial charge in [-0.3, -0.25) is 10.1 Å². The highest BCUT2D eigenvalue weighted by molar-refractivity contribution is 7.10. The summed E-state index contributed by atoms with van der Waals surface area (Å²) < 4.78 is 0. The average Bonchev–Trinajstić information content (AvgIpc) is 3.26. The van der Waals surface area contributed by atoms with Crippen LogP contribution in [-0.2, 0) is 4.79 Å². The number of thiophene rings is 1. The van der Waals surface area contributed by atoms with E-state index in [4.69, 9.17) is 0 Å². The van der Waals surface area contributed by atoms with Crippen LogP contribution in [0.15, 0.2) is 41.8 Å². The van der Waals surface area contributed by atoms with Crippen molar-refractivity contribution in [1.29, 1.82) is 0 Å². The minimum Gasteiger partial charge on any atom is -0.352 e. The summed E-state index contributed by atoms with van der Waals surface area (Å²) in [6.07, 6.45) is 2.49.